The maximum atomic E-state index is 13.2. The number of Topliss-reactive ketones (excluding diaryl/α,β-unsaturated/α-hetero) is 1. The third-order valence-electron chi connectivity index (χ3n) is 10.1. The molecular weight excluding hydrogens is 362 g/mol. The number of ketones is 1. The topological polar surface area (TPSA) is 78.9 Å². The Labute approximate surface area is 174 Å². The van der Waals surface area contributed by atoms with E-state index in [4.69, 9.17) is 0 Å². The van der Waals surface area contributed by atoms with E-state index in [9.17, 15) is 9.90 Å². The Hall–Kier alpha value is -1.23. The van der Waals surface area contributed by atoms with Crippen molar-refractivity contribution in [2.45, 2.75) is 90.6 Å². The lowest BCUT2D eigenvalue weighted by atomic mass is 9.44. The maximum Gasteiger partial charge on any atom is 0.144 e. The van der Waals surface area contributed by atoms with Gasteiger partial charge < -0.3 is 5.11 Å². The zero-order chi connectivity index (χ0) is 20.4. The van der Waals surface area contributed by atoms with Gasteiger partial charge in [0, 0.05) is 5.92 Å². The van der Waals surface area contributed by atoms with Gasteiger partial charge in [-0.1, -0.05) is 13.8 Å². The second-order valence-corrected chi connectivity index (χ2v) is 11.6. The highest BCUT2D eigenvalue weighted by Gasteiger charge is 2.61. The fourth-order valence-corrected chi connectivity index (χ4v) is 8.56. The van der Waals surface area contributed by atoms with Gasteiger partial charge >= 0.3 is 0 Å². The number of nitrogens with zero attached hydrogens (tertiary/aromatic N) is 2. The summed E-state index contributed by atoms with van der Waals surface area (Å²) in [6, 6.07) is 0. The summed E-state index contributed by atoms with van der Waals surface area (Å²) in [4.78, 5) is 17.4. The number of rotatable bonds is 3. The van der Waals surface area contributed by atoms with E-state index >= 15 is 0 Å². The lowest BCUT2D eigenvalue weighted by molar-refractivity contribution is -0.150. The van der Waals surface area contributed by atoms with Gasteiger partial charge in [0.2, 0.25) is 0 Å². The first-order valence-electron chi connectivity index (χ1n) is 11.8. The van der Waals surface area contributed by atoms with Crippen molar-refractivity contribution in [2.75, 3.05) is 0 Å². The number of fused-ring (bicyclic) bond motifs is 5. The van der Waals surface area contributed by atoms with Crippen LogP contribution in [0.25, 0.3) is 0 Å². The molecule has 1 aromatic heterocycles. The van der Waals surface area contributed by atoms with E-state index in [0.717, 1.165) is 31.1 Å². The van der Waals surface area contributed by atoms with Crippen molar-refractivity contribution >= 4 is 5.78 Å². The van der Waals surface area contributed by atoms with Crippen LogP contribution in [0, 0.1) is 40.4 Å². The number of hydrogen-bond donors (Lipinski definition) is 2. The summed E-state index contributed by atoms with van der Waals surface area (Å²) in [5, 5.41) is 17.4. The zero-order valence-corrected chi connectivity index (χ0v) is 18.3. The van der Waals surface area contributed by atoms with E-state index in [0.29, 0.717) is 35.3 Å². The van der Waals surface area contributed by atoms with Crippen LogP contribution in [-0.4, -0.2) is 31.7 Å². The lowest BCUT2D eigenvalue weighted by Gasteiger charge is -2.61. The second kappa shape index (κ2) is 6.63. The molecule has 0 saturated heterocycles. The van der Waals surface area contributed by atoms with E-state index in [1.807, 2.05) is 6.92 Å². The molecular formula is C24H37N3O2. The first-order chi connectivity index (χ1) is 13.7. The molecule has 0 amide bonds. The van der Waals surface area contributed by atoms with Gasteiger partial charge in [0.15, 0.2) is 0 Å². The molecule has 8 atom stereocenters. The average molecular weight is 400 g/mol. The first-order valence-corrected chi connectivity index (χ1v) is 11.8. The summed E-state index contributed by atoms with van der Waals surface area (Å²) in [5.41, 5.74) is 0.0713. The Balaban J connectivity index is 1.36. The fourth-order valence-electron chi connectivity index (χ4n) is 8.56. The highest BCUT2D eigenvalue weighted by atomic mass is 16.3. The summed E-state index contributed by atoms with van der Waals surface area (Å²) >= 11 is 0. The molecule has 5 rings (SSSR count). The smallest absolute Gasteiger partial charge is 0.144 e. The number of carbonyl (C=O) groups is 1. The molecule has 0 aromatic carbocycles. The van der Waals surface area contributed by atoms with Crippen LogP contribution < -0.4 is 0 Å². The molecule has 29 heavy (non-hydrogen) atoms. The highest BCUT2D eigenvalue weighted by Crippen LogP contribution is 2.68. The predicted molar refractivity (Wildman–Crippen MR) is 111 cm³/mol. The molecule has 4 fully saturated rings. The molecule has 0 aliphatic heterocycles. The van der Waals surface area contributed by atoms with Gasteiger partial charge in [0.25, 0.3) is 0 Å². The van der Waals surface area contributed by atoms with Gasteiger partial charge in [-0.15, -0.1) is 0 Å². The molecule has 5 nitrogen and oxygen atoms in total. The molecule has 0 bridgehead atoms. The van der Waals surface area contributed by atoms with Crippen LogP contribution in [0.15, 0.2) is 6.33 Å². The van der Waals surface area contributed by atoms with E-state index < -0.39 is 5.60 Å². The average Bonchev–Trinajstić information content (AvgIpc) is 3.29. The third kappa shape index (κ3) is 3.02. The van der Waals surface area contributed by atoms with Gasteiger partial charge in [-0.05, 0) is 99.2 Å². The minimum absolute atomic E-state index is 0.154. The van der Waals surface area contributed by atoms with Crippen LogP contribution in [0.5, 0.6) is 0 Å². The quantitative estimate of drug-likeness (QED) is 0.793. The maximum absolute atomic E-state index is 13.2. The standard InChI is InChI=1S/C24H37N3O2/c1-22(29)10-11-23(2)15(13-22)4-5-16-17-6-7-19(24(17,3)9-8-18(16)23)20(28)12-21-25-14-26-27-21/h14-19,29H,4-13H2,1-3H3,(H,25,26,27)/t15?,16-,17-,18-,19+,22?,23-,24-/m0/s1. The van der Waals surface area contributed by atoms with Crippen LogP contribution in [0.1, 0.15) is 84.4 Å². The Morgan fingerprint density at radius 3 is 2.62 bits per heavy atom. The monoisotopic (exact) mass is 399 g/mol. The van der Waals surface area contributed by atoms with Crippen LogP contribution in [0.4, 0.5) is 0 Å². The van der Waals surface area contributed by atoms with E-state index in [-0.39, 0.29) is 11.3 Å². The Morgan fingerprint density at radius 2 is 1.86 bits per heavy atom. The summed E-state index contributed by atoms with van der Waals surface area (Å²) in [6.45, 7) is 7.00. The predicted octanol–water partition coefficient (Wildman–Crippen LogP) is 4.33. The van der Waals surface area contributed by atoms with Gasteiger partial charge in [0.1, 0.15) is 17.9 Å². The molecule has 1 heterocycles. The fraction of sp³-hybridized carbons (Fsp3) is 0.875. The van der Waals surface area contributed by atoms with E-state index in [1.54, 1.807) is 0 Å². The van der Waals surface area contributed by atoms with Crippen molar-refractivity contribution in [1.29, 1.82) is 0 Å². The number of aliphatic hydroxyl groups is 1. The molecule has 1 aromatic rings. The molecule has 0 spiro atoms. The van der Waals surface area contributed by atoms with Crippen LogP contribution in [0.3, 0.4) is 0 Å². The van der Waals surface area contributed by atoms with Gasteiger partial charge in [-0.3, -0.25) is 9.89 Å². The molecule has 4 aliphatic rings. The van der Waals surface area contributed by atoms with Gasteiger partial charge in [-0.2, -0.15) is 5.10 Å². The van der Waals surface area contributed by atoms with Crippen molar-refractivity contribution in [3.63, 3.8) is 0 Å². The highest BCUT2D eigenvalue weighted by molar-refractivity contribution is 5.83. The minimum atomic E-state index is -0.466. The van der Waals surface area contributed by atoms with Crippen molar-refractivity contribution in [1.82, 2.24) is 15.2 Å². The summed E-state index contributed by atoms with van der Waals surface area (Å²) in [5.74, 6) is 4.14. The largest absolute Gasteiger partial charge is 0.390 e. The molecule has 5 heteroatoms. The lowest BCUT2D eigenvalue weighted by Crippen LogP contribution is -2.55. The summed E-state index contributed by atoms with van der Waals surface area (Å²) < 4.78 is 0. The Kier molecular flexibility index (Phi) is 4.51. The van der Waals surface area contributed by atoms with Crippen molar-refractivity contribution in [3.05, 3.63) is 12.2 Å². The number of aromatic amines is 1. The third-order valence-corrected chi connectivity index (χ3v) is 10.1. The van der Waals surface area contributed by atoms with Crippen LogP contribution in [-0.2, 0) is 11.2 Å². The van der Waals surface area contributed by atoms with Crippen molar-refractivity contribution < 1.29 is 9.90 Å². The Morgan fingerprint density at radius 1 is 1.07 bits per heavy atom. The normalized spacial score (nSPS) is 49.2. The minimum Gasteiger partial charge on any atom is -0.390 e. The molecule has 160 valence electrons. The van der Waals surface area contributed by atoms with Crippen LogP contribution in [0.2, 0.25) is 0 Å². The SMILES string of the molecule is CC1(O)CC[C@@]2(C)C(CC[C@H]3[C@@H]4CC[C@H](C(=O)Cc5ncn[nH]5)[C@@]4(C)CC[C@@H]32)C1. The number of nitrogens with one attached hydrogen (secondary N) is 1. The van der Waals surface area contributed by atoms with Gasteiger partial charge in [-0.25, -0.2) is 4.98 Å². The number of H-pyrrole nitrogens is 1. The molecule has 0 radical (unpaired) electrons. The molecule has 4 aliphatic carbocycles. The summed E-state index contributed by atoms with van der Waals surface area (Å²) in [7, 11) is 0. The number of carbonyl (C=O) groups excluding carboxylic acids is 1. The molecule has 2 N–H and O–H groups in total. The first kappa shape index (κ1) is 19.7. The second-order valence-electron chi connectivity index (χ2n) is 11.6. The molecule has 2 unspecified atom stereocenters. The van der Waals surface area contributed by atoms with E-state index in [1.165, 1.54) is 44.9 Å². The van der Waals surface area contributed by atoms with Crippen LogP contribution >= 0.6 is 0 Å². The van der Waals surface area contributed by atoms with Crippen molar-refractivity contribution in [3.8, 4) is 0 Å². The summed E-state index contributed by atoms with van der Waals surface area (Å²) in [6.07, 6.45) is 12.3. The zero-order valence-electron chi connectivity index (χ0n) is 18.3. The van der Waals surface area contributed by atoms with Crippen molar-refractivity contribution in [2.24, 2.45) is 40.4 Å². The molecule has 4 saturated carbocycles. The van der Waals surface area contributed by atoms with Gasteiger partial charge in [0.05, 0.1) is 12.0 Å². The number of hydrogen-bond acceptors (Lipinski definition) is 4. The Bertz CT molecular complexity index is 775. The van der Waals surface area contributed by atoms with E-state index in [2.05, 4.69) is 29.0 Å². The number of aromatic nitrogens is 3.